The highest BCUT2D eigenvalue weighted by Crippen LogP contribution is 2.39. The first-order valence-corrected chi connectivity index (χ1v) is 9.45. The standard InChI is InChI=1S/C15H14ClNO.3C2H6/c1-9-3-4-10(2)14-15(18-8-17-14)13-7-11(16)5-6-12(9)13;3*1-2/h4-9H,3H2,1-2H3;3*1-2H3/b10-4+;;;. The summed E-state index contributed by atoms with van der Waals surface area (Å²) < 4.78 is 5.58. The molecule has 0 aliphatic heterocycles. The van der Waals surface area contributed by atoms with E-state index < -0.39 is 0 Å². The summed E-state index contributed by atoms with van der Waals surface area (Å²) in [4.78, 5) is 4.31. The first-order valence-electron chi connectivity index (χ1n) is 9.07. The van der Waals surface area contributed by atoms with Gasteiger partial charge in [-0.05, 0) is 42.5 Å². The number of hydrogen-bond donors (Lipinski definition) is 0. The van der Waals surface area contributed by atoms with Crippen LogP contribution in [0.2, 0.25) is 5.02 Å². The van der Waals surface area contributed by atoms with Crippen molar-refractivity contribution in [2.75, 3.05) is 0 Å². The van der Waals surface area contributed by atoms with Gasteiger partial charge in [0.05, 0.1) is 0 Å². The lowest BCUT2D eigenvalue weighted by molar-refractivity contribution is 0.570. The predicted molar refractivity (Wildman–Crippen MR) is 108 cm³/mol. The number of allylic oxidation sites excluding steroid dienone is 2. The molecule has 0 saturated carbocycles. The largest absolute Gasteiger partial charge is 0.443 e. The van der Waals surface area contributed by atoms with Gasteiger partial charge >= 0.3 is 0 Å². The van der Waals surface area contributed by atoms with E-state index in [0.29, 0.717) is 5.92 Å². The molecule has 1 atom stereocenters. The van der Waals surface area contributed by atoms with E-state index in [4.69, 9.17) is 16.0 Å². The molecule has 0 spiro atoms. The molecule has 3 rings (SSSR count). The zero-order valence-electron chi connectivity index (χ0n) is 16.4. The average Bonchev–Trinajstić information content (AvgIpc) is 3.13. The number of hydrogen-bond acceptors (Lipinski definition) is 2. The van der Waals surface area contributed by atoms with Crippen LogP contribution in [0.25, 0.3) is 16.9 Å². The van der Waals surface area contributed by atoms with Crippen molar-refractivity contribution in [2.24, 2.45) is 0 Å². The van der Waals surface area contributed by atoms with Crippen LogP contribution in [0.5, 0.6) is 0 Å². The van der Waals surface area contributed by atoms with E-state index in [0.717, 1.165) is 34.0 Å². The van der Waals surface area contributed by atoms with E-state index in [1.54, 1.807) is 0 Å². The molecular formula is C21H32ClNO. The minimum absolute atomic E-state index is 0.450. The van der Waals surface area contributed by atoms with Gasteiger partial charge in [0.25, 0.3) is 0 Å². The Morgan fingerprint density at radius 3 is 2.33 bits per heavy atom. The normalized spacial score (nSPS) is 16.7. The monoisotopic (exact) mass is 349 g/mol. The van der Waals surface area contributed by atoms with Crippen LogP contribution < -0.4 is 0 Å². The van der Waals surface area contributed by atoms with Crippen molar-refractivity contribution < 1.29 is 4.42 Å². The zero-order chi connectivity index (χ0) is 18.7. The number of halogens is 1. The van der Waals surface area contributed by atoms with Gasteiger partial charge < -0.3 is 4.42 Å². The summed E-state index contributed by atoms with van der Waals surface area (Å²) in [5.74, 6) is 1.28. The van der Waals surface area contributed by atoms with Gasteiger partial charge in [0.1, 0.15) is 5.69 Å². The van der Waals surface area contributed by atoms with Crippen LogP contribution in [0.4, 0.5) is 0 Å². The second-order valence-electron chi connectivity index (χ2n) is 4.79. The van der Waals surface area contributed by atoms with E-state index in [1.807, 2.05) is 53.7 Å². The van der Waals surface area contributed by atoms with Gasteiger partial charge in [-0.3, -0.25) is 0 Å². The third kappa shape index (κ3) is 5.24. The van der Waals surface area contributed by atoms with E-state index in [1.165, 1.54) is 12.0 Å². The maximum Gasteiger partial charge on any atom is 0.182 e. The van der Waals surface area contributed by atoms with Gasteiger partial charge in [0, 0.05) is 10.6 Å². The van der Waals surface area contributed by atoms with E-state index in [-0.39, 0.29) is 0 Å². The number of nitrogens with zero attached hydrogens (tertiary/aromatic N) is 1. The summed E-state index contributed by atoms with van der Waals surface area (Å²) >= 11 is 6.11. The molecule has 0 bridgehead atoms. The maximum absolute atomic E-state index is 6.11. The minimum Gasteiger partial charge on any atom is -0.443 e. The lowest BCUT2D eigenvalue weighted by Gasteiger charge is -2.18. The van der Waals surface area contributed by atoms with E-state index >= 15 is 0 Å². The van der Waals surface area contributed by atoms with Gasteiger partial charge in [-0.15, -0.1) is 0 Å². The second-order valence-corrected chi connectivity index (χ2v) is 5.22. The molecule has 134 valence electrons. The minimum atomic E-state index is 0.450. The Hall–Kier alpha value is -1.54. The van der Waals surface area contributed by atoms with Crippen molar-refractivity contribution in [3.05, 3.63) is 46.9 Å². The van der Waals surface area contributed by atoms with Crippen LogP contribution in [0, 0.1) is 0 Å². The molecule has 1 aliphatic rings. The smallest absolute Gasteiger partial charge is 0.182 e. The van der Waals surface area contributed by atoms with Crippen LogP contribution in [-0.4, -0.2) is 4.98 Å². The molecule has 1 heterocycles. The van der Waals surface area contributed by atoms with Crippen molar-refractivity contribution in [1.82, 2.24) is 4.98 Å². The summed E-state index contributed by atoms with van der Waals surface area (Å²) in [5.41, 5.74) is 4.41. The van der Waals surface area contributed by atoms with Crippen molar-refractivity contribution in [3.63, 3.8) is 0 Å². The van der Waals surface area contributed by atoms with Gasteiger partial charge in [-0.2, -0.15) is 0 Å². The first-order chi connectivity index (χ1) is 11.7. The SMILES string of the molecule is C/C1=C\CC(C)c2ccc(Cl)cc2-c2ocnc21.CC.CC.CC. The van der Waals surface area contributed by atoms with Crippen LogP contribution in [0.3, 0.4) is 0 Å². The van der Waals surface area contributed by atoms with E-state index in [9.17, 15) is 0 Å². The quantitative estimate of drug-likeness (QED) is 0.481. The molecule has 1 aliphatic carbocycles. The fourth-order valence-electron chi connectivity index (χ4n) is 2.45. The molecule has 0 saturated heterocycles. The Bertz CT molecular complexity index is 629. The van der Waals surface area contributed by atoms with Gasteiger partial charge in [-0.1, -0.05) is 72.2 Å². The summed E-state index contributed by atoms with van der Waals surface area (Å²) in [6, 6.07) is 5.99. The molecule has 0 amide bonds. The first kappa shape index (κ1) is 22.5. The third-order valence-corrected chi connectivity index (χ3v) is 3.74. The summed E-state index contributed by atoms with van der Waals surface area (Å²) in [7, 11) is 0. The Labute approximate surface area is 153 Å². The zero-order valence-corrected chi connectivity index (χ0v) is 17.2. The Morgan fingerprint density at radius 2 is 1.71 bits per heavy atom. The Kier molecular flexibility index (Phi) is 11.1. The average molecular weight is 350 g/mol. The van der Waals surface area contributed by atoms with Crippen molar-refractivity contribution in [3.8, 4) is 11.3 Å². The number of oxazole rings is 1. The Morgan fingerprint density at radius 1 is 1.08 bits per heavy atom. The fourth-order valence-corrected chi connectivity index (χ4v) is 2.62. The molecule has 24 heavy (non-hydrogen) atoms. The molecule has 0 fully saturated rings. The van der Waals surface area contributed by atoms with Crippen LogP contribution in [-0.2, 0) is 0 Å². The van der Waals surface area contributed by atoms with Crippen LogP contribution in [0.15, 0.2) is 35.1 Å². The molecule has 3 heteroatoms. The van der Waals surface area contributed by atoms with Crippen molar-refractivity contribution >= 4 is 17.2 Å². The number of benzene rings is 1. The van der Waals surface area contributed by atoms with Crippen LogP contribution >= 0.6 is 11.6 Å². The van der Waals surface area contributed by atoms with Gasteiger partial charge in [0.2, 0.25) is 0 Å². The molecule has 1 aromatic carbocycles. The topological polar surface area (TPSA) is 26.0 Å². The molecule has 1 aromatic heterocycles. The highest BCUT2D eigenvalue weighted by Gasteiger charge is 2.21. The predicted octanol–water partition coefficient (Wildman–Crippen LogP) is 7.98. The second kappa shape index (κ2) is 11.9. The molecular weight excluding hydrogens is 318 g/mol. The van der Waals surface area contributed by atoms with Crippen molar-refractivity contribution in [2.45, 2.75) is 67.7 Å². The molecule has 1 unspecified atom stereocenters. The summed E-state index contributed by atoms with van der Waals surface area (Å²) in [6.45, 7) is 16.3. The lowest BCUT2D eigenvalue weighted by Crippen LogP contribution is -2.00. The van der Waals surface area contributed by atoms with Gasteiger partial charge in [-0.25, -0.2) is 4.98 Å². The molecule has 0 N–H and O–H groups in total. The number of aromatic nitrogens is 1. The summed E-state index contributed by atoms with van der Waals surface area (Å²) in [5, 5.41) is 0.727. The Balaban J connectivity index is 0.000000798. The summed E-state index contributed by atoms with van der Waals surface area (Å²) in [6.07, 6.45) is 4.74. The maximum atomic E-state index is 6.11. The van der Waals surface area contributed by atoms with E-state index in [2.05, 4.69) is 31.0 Å². The lowest BCUT2D eigenvalue weighted by atomic mass is 9.88. The van der Waals surface area contributed by atoms with Gasteiger partial charge in [0.15, 0.2) is 12.2 Å². The molecule has 2 nitrogen and oxygen atoms in total. The third-order valence-electron chi connectivity index (χ3n) is 3.51. The highest BCUT2D eigenvalue weighted by molar-refractivity contribution is 6.30. The molecule has 2 aromatic rings. The van der Waals surface area contributed by atoms with Crippen molar-refractivity contribution in [1.29, 1.82) is 0 Å². The fraction of sp³-hybridized carbons (Fsp3) is 0.476. The number of rotatable bonds is 0. The highest BCUT2D eigenvalue weighted by atomic mass is 35.5. The molecule has 0 radical (unpaired) electrons. The number of fused-ring (bicyclic) bond motifs is 3. The van der Waals surface area contributed by atoms with Crippen LogP contribution in [0.1, 0.15) is 79.0 Å².